The van der Waals surface area contributed by atoms with Crippen molar-refractivity contribution in [3.8, 4) is 0 Å². The molecule has 4 rings (SSSR count). The summed E-state index contributed by atoms with van der Waals surface area (Å²) in [6, 6.07) is 21.0. The molecule has 4 aromatic carbocycles. The van der Waals surface area contributed by atoms with Crippen molar-refractivity contribution < 1.29 is 0 Å². The highest BCUT2D eigenvalue weighted by Crippen LogP contribution is 2.39. The number of benzene rings is 4. The molecule has 0 aromatic heterocycles. The van der Waals surface area contributed by atoms with Crippen molar-refractivity contribution in [2.45, 2.75) is 0 Å². The van der Waals surface area contributed by atoms with Crippen LogP contribution in [0.5, 0.6) is 0 Å². The quantitative estimate of drug-likeness (QED) is 0.318. The van der Waals surface area contributed by atoms with Gasteiger partial charge in [0.2, 0.25) is 0 Å². The van der Waals surface area contributed by atoms with Gasteiger partial charge in [0.15, 0.2) is 0 Å². The second-order valence-electron chi connectivity index (χ2n) is 4.90. The van der Waals surface area contributed by atoms with Crippen molar-refractivity contribution in [2.75, 3.05) is 0 Å². The van der Waals surface area contributed by atoms with Gasteiger partial charge in [-0.2, -0.15) is 0 Å². The minimum absolute atomic E-state index is 0.772. The van der Waals surface area contributed by atoms with Gasteiger partial charge in [0.05, 0.1) is 0 Å². The summed E-state index contributed by atoms with van der Waals surface area (Å²) in [7, 11) is 0. The first-order chi connectivity index (χ1) is 9.75. The normalized spacial score (nSPS) is 11.5. The van der Waals surface area contributed by atoms with Crippen LogP contribution in [0, 0.1) is 0 Å². The molecule has 0 aliphatic rings. The van der Waals surface area contributed by atoms with Gasteiger partial charge in [-0.05, 0) is 45.1 Å². The third-order valence-corrected chi connectivity index (χ3v) is 4.67. The lowest BCUT2D eigenvalue weighted by atomic mass is 9.94. The molecule has 0 bridgehead atoms. The van der Waals surface area contributed by atoms with E-state index < -0.39 is 0 Å². The first kappa shape index (κ1) is 12.2. The molecule has 0 amide bonds. The summed E-state index contributed by atoms with van der Waals surface area (Å²) in [6.07, 6.45) is 0. The fourth-order valence-corrected chi connectivity index (χ4v) is 3.68. The van der Waals surface area contributed by atoms with Crippen LogP contribution in [-0.2, 0) is 0 Å². The Labute approximate surface area is 130 Å². The lowest BCUT2D eigenvalue weighted by Gasteiger charge is -2.11. The molecule has 4 aromatic rings. The minimum atomic E-state index is 0.772. The van der Waals surface area contributed by atoms with Crippen molar-refractivity contribution in [1.29, 1.82) is 0 Å². The fraction of sp³-hybridized carbons (Fsp3) is 0. The van der Waals surface area contributed by atoms with Gasteiger partial charge in [0.25, 0.3) is 0 Å². The van der Waals surface area contributed by atoms with Gasteiger partial charge in [-0.1, -0.05) is 70.0 Å². The molecule has 0 saturated heterocycles. The van der Waals surface area contributed by atoms with E-state index in [1.54, 1.807) is 0 Å². The molecule has 0 atom stereocenters. The van der Waals surface area contributed by atoms with Crippen LogP contribution in [0.4, 0.5) is 0 Å². The number of halogens is 2. The first-order valence-electron chi connectivity index (χ1n) is 6.44. The van der Waals surface area contributed by atoms with Crippen molar-refractivity contribution in [2.24, 2.45) is 0 Å². The molecule has 0 aliphatic heterocycles. The third-order valence-electron chi connectivity index (χ3n) is 3.77. The largest absolute Gasteiger partial charge is 0.0843 e. The molecule has 0 aliphatic carbocycles. The van der Waals surface area contributed by atoms with Gasteiger partial charge in [0, 0.05) is 14.9 Å². The smallest absolute Gasteiger partial charge is 0.0412 e. The van der Waals surface area contributed by atoms with Gasteiger partial charge in [-0.25, -0.2) is 0 Å². The topological polar surface area (TPSA) is 0 Å². The zero-order valence-electron chi connectivity index (χ0n) is 10.5. The van der Waals surface area contributed by atoms with E-state index >= 15 is 0 Å². The lowest BCUT2D eigenvalue weighted by molar-refractivity contribution is 1.74. The van der Waals surface area contributed by atoms with Crippen LogP contribution in [0.3, 0.4) is 0 Å². The van der Waals surface area contributed by atoms with Crippen molar-refractivity contribution >= 4 is 59.8 Å². The number of rotatable bonds is 0. The lowest BCUT2D eigenvalue weighted by Crippen LogP contribution is -1.84. The summed E-state index contributed by atoms with van der Waals surface area (Å²) in [6.45, 7) is 0. The molecule has 20 heavy (non-hydrogen) atoms. The van der Waals surface area contributed by atoms with E-state index in [1.165, 1.54) is 32.3 Å². The molecule has 0 saturated carbocycles. The predicted molar refractivity (Wildman–Crippen MR) is 91.7 cm³/mol. The third kappa shape index (κ3) is 1.67. The molecule has 0 N–H and O–H groups in total. The maximum atomic E-state index is 6.20. The Morgan fingerprint density at radius 2 is 1.30 bits per heavy atom. The molecule has 0 nitrogen and oxygen atoms in total. The van der Waals surface area contributed by atoms with E-state index in [0.29, 0.717) is 0 Å². The highest BCUT2D eigenvalue weighted by Gasteiger charge is 2.10. The molecule has 0 fully saturated rings. The second kappa shape index (κ2) is 4.47. The van der Waals surface area contributed by atoms with Crippen LogP contribution in [0.25, 0.3) is 32.3 Å². The molecular weight excluding hydrogens is 332 g/mol. The number of hydrogen-bond acceptors (Lipinski definition) is 0. The molecule has 0 unspecified atom stereocenters. The molecule has 0 spiro atoms. The van der Waals surface area contributed by atoms with E-state index in [2.05, 4.69) is 70.5 Å². The van der Waals surface area contributed by atoms with E-state index in [0.717, 1.165) is 9.50 Å². The predicted octanol–water partition coefficient (Wildman–Crippen LogP) is 6.56. The zero-order valence-corrected chi connectivity index (χ0v) is 12.9. The standard InChI is InChI=1S/C18H10BrCl/c19-17-7-3-6-14-12-4-1-2-5-13(12)16-10-11(20)8-9-15(16)18(14)17/h1-10H. The summed E-state index contributed by atoms with van der Waals surface area (Å²) >= 11 is 9.89. The van der Waals surface area contributed by atoms with Crippen LogP contribution < -0.4 is 0 Å². The van der Waals surface area contributed by atoms with E-state index in [4.69, 9.17) is 11.6 Å². The fourth-order valence-electron chi connectivity index (χ4n) is 2.93. The SMILES string of the molecule is Clc1ccc2c(c1)c1ccccc1c1cccc(Br)c12. The Balaban J connectivity index is 2.45. The molecule has 2 heteroatoms. The molecular formula is C18H10BrCl. The molecule has 96 valence electrons. The Bertz CT molecular complexity index is 958. The summed E-state index contributed by atoms with van der Waals surface area (Å²) in [5.74, 6) is 0. The summed E-state index contributed by atoms with van der Waals surface area (Å²) in [4.78, 5) is 0. The highest BCUT2D eigenvalue weighted by atomic mass is 79.9. The number of hydrogen-bond donors (Lipinski definition) is 0. The van der Waals surface area contributed by atoms with Crippen LogP contribution in [0.15, 0.2) is 65.1 Å². The summed E-state index contributed by atoms with van der Waals surface area (Å²) in [5.41, 5.74) is 0. The second-order valence-corrected chi connectivity index (χ2v) is 6.19. The van der Waals surface area contributed by atoms with Gasteiger partial charge < -0.3 is 0 Å². The maximum absolute atomic E-state index is 6.20. The Morgan fingerprint density at radius 1 is 0.650 bits per heavy atom. The van der Waals surface area contributed by atoms with Gasteiger partial charge in [-0.3, -0.25) is 0 Å². The zero-order chi connectivity index (χ0) is 13.7. The average molecular weight is 342 g/mol. The molecule has 0 heterocycles. The summed E-state index contributed by atoms with van der Waals surface area (Å²) in [5, 5.41) is 8.23. The van der Waals surface area contributed by atoms with Gasteiger partial charge >= 0.3 is 0 Å². The van der Waals surface area contributed by atoms with E-state index in [9.17, 15) is 0 Å². The number of fused-ring (bicyclic) bond motifs is 6. The monoisotopic (exact) mass is 340 g/mol. The Kier molecular flexibility index (Phi) is 2.73. The highest BCUT2D eigenvalue weighted by molar-refractivity contribution is 9.10. The molecule has 0 radical (unpaired) electrons. The summed E-state index contributed by atoms with van der Waals surface area (Å²) < 4.78 is 1.12. The van der Waals surface area contributed by atoms with Gasteiger partial charge in [0.1, 0.15) is 0 Å². The van der Waals surface area contributed by atoms with Crippen molar-refractivity contribution in [3.05, 3.63) is 70.2 Å². The van der Waals surface area contributed by atoms with Crippen molar-refractivity contribution in [3.63, 3.8) is 0 Å². The Morgan fingerprint density at radius 3 is 2.10 bits per heavy atom. The average Bonchev–Trinajstić information content (AvgIpc) is 2.47. The minimum Gasteiger partial charge on any atom is -0.0843 e. The van der Waals surface area contributed by atoms with Crippen molar-refractivity contribution in [1.82, 2.24) is 0 Å². The van der Waals surface area contributed by atoms with Crippen LogP contribution >= 0.6 is 27.5 Å². The van der Waals surface area contributed by atoms with E-state index in [1.807, 2.05) is 6.07 Å². The van der Waals surface area contributed by atoms with Gasteiger partial charge in [-0.15, -0.1) is 0 Å². The Hall–Kier alpha value is -1.57. The van der Waals surface area contributed by atoms with E-state index in [-0.39, 0.29) is 0 Å². The van der Waals surface area contributed by atoms with Crippen LogP contribution in [0.1, 0.15) is 0 Å². The van der Waals surface area contributed by atoms with Crippen LogP contribution in [0.2, 0.25) is 5.02 Å². The first-order valence-corrected chi connectivity index (χ1v) is 7.61. The maximum Gasteiger partial charge on any atom is 0.0412 e. The van der Waals surface area contributed by atoms with Crippen LogP contribution in [-0.4, -0.2) is 0 Å².